The summed E-state index contributed by atoms with van der Waals surface area (Å²) >= 11 is 0. The molecule has 1 N–H and O–H groups in total. The lowest BCUT2D eigenvalue weighted by Crippen LogP contribution is -2.34. The summed E-state index contributed by atoms with van der Waals surface area (Å²) in [7, 11) is 0. The van der Waals surface area contributed by atoms with E-state index < -0.39 is 5.97 Å². The largest absolute Gasteiger partial charge is 0.507 e. The van der Waals surface area contributed by atoms with Crippen LogP contribution < -0.4 is 14.9 Å². The number of rotatable bonds is 6. The van der Waals surface area contributed by atoms with E-state index in [1.54, 1.807) is 31.2 Å². The maximum Gasteiger partial charge on any atom is 0.375 e. The van der Waals surface area contributed by atoms with Crippen LogP contribution in [0.5, 0.6) is 17.2 Å². The van der Waals surface area contributed by atoms with Crippen molar-refractivity contribution in [2.45, 2.75) is 46.6 Å². The molecule has 8 nitrogen and oxygen atoms in total. The molecule has 0 saturated carbocycles. The van der Waals surface area contributed by atoms with Gasteiger partial charge in [-0.1, -0.05) is 19.9 Å². The number of fused-ring (bicyclic) bond motifs is 2. The lowest BCUT2D eigenvalue weighted by atomic mass is 9.96. The minimum absolute atomic E-state index is 0.105. The van der Waals surface area contributed by atoms with Gasteiger partial charge in [-0.15, -0.1) is 0 Å². The summed E-state index contributed by atoms with van der Waals surface area (Å²) in [6.45, 7) is 9.02. The molecule has 0 amide bonds. The topological polar surface area (TPSA) is 98.4 Å². The van der Waals surface area contributed by atoms with Crippen LogP contribution in [0.4, 0.5) is 0 Å². The number of hydrogen-bond donors (Lipinski definition) is 1. The van der Waals surface area contributed by atoms with Gasteiger partial charge >= 0.3 is 5.97 Å². The molecule has 0 bridgehead atoms. The number of phenols is 1. The number of likely N-dealkylation sites (tertiary alicyclic amines) is 1. The zero-order valence-electron chi connectivity index (χ0n) is 21.6. The molecule has 5 rings (SSSR count). The monoisotopic (exact) mass is 507 g/mol. The van der Waals surface area contributed by atoms with Crippen LogP contribution in [0.25, 0.3) is 22.1 Å². The second-order valence-corrected chi connectivity index (χ2v) is 9.79. The van der Waals surface area contributed by atoms with E-state index in [2.05, 4.69) is 11.8 Å². The Hall–Kier alpha value is -3.52. The first-order chi connectivity index (χ1) is 17.9. The number of phenolic OH excluding ortho intramolecular Hbond substituents is 1. The second kappa shape index (κ2) is 10.5. The molecule has 2 aromatic carbocycles. The van der Waals surface area contributed by atoms with Crippen molar-refractivity contribution < 1.29 is 28.5 Å². The highest BCUT2D eigenvalue weighted by Crippen LogP contribution is 2.38. The number of nitrogens with zero attached hydrogens (tertiary/aromatic N) is 1. The Morgan fingerprint density at radius 3 is 2.68 bits per heavy atom. The number of ether oxygens (including phenoxy) is 3. The molecule has 2 aliphatic rings. The molecule has 1 atom stereocenters. The van der Waals surface area contributed by atoms with Crippen molar-refractivity contribution >= 4 is 16.9 Å². The standard InChI is InChI=1S/C29H33NO7/c1-4-18-13-20-26(32)24(19-8-9-22-23(14-19)36-12-11-35-22)28(29(33)34-5-2)37-27(20)21(25(18)31)16-30-10-6-7-17(3)15-30/h8-9,13-14,17,31H,4-7,10-12,15-16H2,1-3H3/t17-/m1/s1. The molecule has 2 aliphatic heterocycles. The average Bonchev–Trinajstić information content (AvgIpc) is 2.90. The van der Waals surface area contributed by atoms with Gasteiger partial charge in [-0.3, -0.25) is 9.69 Å². The highest BCUT2D eigenvalue weighted by Gasteiger charge is 2.28. The molecule has 196 valence electrons. The van der Waals surface area contributed by atoms with E-state index in [9.17, 15) is 14.7 Å². The third-order valence-corrected chi connectivity index (χ3v) is 7.13. The Morgan fingerprint density at radius 1 is 1.16 bits per heavy atom. The minimum Gasteiger partial charge on any atom is -0.507 e. The predicted molar refractivity (Wildman–Crippen MR) is 140 cm³/mol. The number of benzene rings is 2. The van der Waals surface area contributed by atoms with Crippen LogP contribution in [-0.4, -0.2) is 48.9 Å². The maximum absolute atomic E-state index is 14.1. The maximum atomic E-state index is 14.1. The summed E-state index contributed by atoms with van der Waals surface area (Å²) in [5.74, 6) is 0.807. The summed E-state index contributed by atoms with van der Waals surface area (Å²) in [4.78, 5) is 29.4. The predicted octanol–water partition coefficient (Wildman–Crippen LogP) is 4.91. The molecule has 8 heteroatoms. The molecule has 1 fully saturated rings. The second-order valence-electron chi connectivity index (χ2n) is 9.79. The number of hydrogen-bond acceptors (Lipinski definition) is 8. The van der Waals surface area contributed by atoms with Crippen molar-refractivity contribution in [3.05, 3.63) is 51.4 Å². The van der Waals surface area contributed by atoms with Gasteiger partial charge in [-0.05, 0) is 68.0 Å². The summed E-state index contributed by atoms with van der Waals surface area (Å²) in [5, 5.41) is 11.5. The summed E-state index contributed by atoms with van der Waals surface area (Å²) in [6, 6.07) is 6.80. The Balaban J connectivity index is 1.74. The van der Waals surface area contributed by atoms with E-state index in [4.69, 9.17) is 18.6 Å². The van der Waals surface area contributed by atoms with Gasteiger partial charge in [0.2, 0.25) is 11.2 Å². The van der Waals surface area contributed by atoms with Gasteiger partial charge in [0, 0.05) is 13.1 Å². The van der Waals surface area contributed by atoms with Gasteiger partial charge in [-0.25, -0.2) is 4.79 Å². The van der Waals surface area contributed by atoms with Crippen LogP contribution in [0.1, 0.15) is 55.3 Å². The van der Waals surface area contributed by atoms with Crippen LogP contribution >= 0.6 is 0 Å². The van der Waals surface area contributed by atoms with Crippen molar-refractivity contribution in [2.24, 2.45) is 5.92 Å². The van der Waals surface area contributed by atoms with Gasteiger partial charge < -0.3 is 23.7 Å². The smallest absolute Gasteiger partial charge is 0.375 e. The third kappa shape index (κ3) is 4.78. The number of aromatic hydroxyl groups is 1. The molecule has 0 spiro atoms. The highest BCUT2D eigenvalue weighted by atomic mass is 16.6. The van der Waals surface area contributed by atoms with Crippen LogP contribution in [0.2, 0.25) is 0 Å². The molecule has 3 aromatic rings. The van der Waals surface area contributed by atoms with Crippen molar-refractivity contribution in [1.82, 2.24) is 4.90 Å². The molecular weight excluding hydrogens is 474 g/mol. The van der Waals surface area contributed by atoms with E-state index in [0.717, 1.165) is 19.5 Å². The van der Waals surface area contributed by atoms with Gasteiger partial charge in [0.25, 0.3) is 0 Å². The summed E-state index contributed by atoms with van der Waals surface area (Å²) in [5.41, 5.74) is 1.64. The van der Waals surface area contributed by atoms with Crippen LogP contribution in [0.15, 0.2) is 33.5 Å². The average molecular weight is 508 g/mol. The molecule has 3 heterocycles. The molecule has 1 aromatic heterocycles. The van der Waals surface area contributed by atoms with Crippen molar-refractivity contribution in [3.8, 4) is 28.4 Å². The molecule has 1 saturated heterocycles. The number of esters is 1. The quantitative estimate of drug-likeness (QED) is 0.470. The molecule has 37 heavy (non-hydrogen) atoms. The van der Waals surface area contributed by atoms with Crippen LogP contribution in [-0.2, 0) is 17.7 Å². The Bertz CT molecular complexity index is 1390. The zero-order valence-corrected chi connectivity index (χ0v) is 21.6. The van der Waals surface area contributed by atoms with Crippen molar-refractivity contribution in [1.29, 1.82) is 0 Å². The Kier molecular flexibility index (Phi) is 7.11. The normalized spacial score (nSPS) is 17.6. The minimum atomic E-state index is -0.733. The highest BCUT2D eigenvalue weighted by molar-refractivity contribution is 5.98. The van der Waals surface area contributed by atoms with E-state index in [0.29, 0.717) is 65.7 Å². The van der Waals surface area contributed by atoms with Crippen LogP contribution in [0, 0.1) is 5.92 Å². The molecule has 0 aliphatic carbocycles. The first-order valence-electron chi connectivity index (χ1n) is 13.0. The van der Waals surface area contributed by atoms with Gasteiger partial charge in [0.1, 0.15) is 24.5 Å². The number of carbonyl (C=O) groups excluding carboxylic acids is 1. The molecule has 0 unspecified atom stereocenters. The van der Waals surface area contributed by atoms with E-state index in [-0.39, 0.29) is 34.7 Å². The lowest BCUT2D eigenvalue weighted by Gasteiger charge is -2.31. The molecule has 0 radical (unpaired) electrons. The van der Waals surface area contributed by atoms with Gasteiger partial charge in [-0.2, -0.15) is 0 Å². The summed E-state index contributed by atoms with van der Waals surface area (Å²) < 4.78 is 22.9. The van der Waals surface area contributed by atoms with Crippen LogP contribution in [0.3, 0.4) is 0 Å². The van der Waals surface area contributed by atoms with Gasteiger partial charge in [0.05, 0.1) is 23.1 Å². The van der Waals surface area contributed by atoms with E-state index in [1.807, 2.05) is 6.92 Å². The first kappa shape index (κ1) is 25.1. The fourth-order valence-electron chi connectivity index (χ4n) is 5.32. The SMILES string of the molecule is CCOC(=O)c1oc2c(CN3CCC[C@@H](C)C3)c(O)c(CC)cc2c(=O)c1-c1ccc2c(c1)OCCO2. The fraction of sp³-hybridized carbons (Fsp3) is 0.448. The van der Waals surface area contributed by atoms with Crippen molar-refractivity contribution in [2.75, 3.05) is 32.9 Å². The van der Waals surface area contributed by atoms with Gasteiger partial charge in [0.15, 0.2) is 11.5 Å². The van der Waals surface area contributed by atoms with E-state index >= 15 is 0 Å². The zero-order chi connectivity index (χ0) is 26.1. The molecular formula is C29H33NO7. The third-order valence-electron chi connectivity index (χ3n) is 7.13. The fourth-order valence-corrected chi connectivity index (χ4v) is 5.32. The lowest BCUT2D eigenvalue weighted by molar-refractivity contribution is 0.0492. The number of piperidine rings is 1. The summed E-state index contributed by atoms with van der Waals surface area (Å²) in [6.07, 6.45) is 2.78. The first-order valence-corrected chi connectivity index (χ1v) is 13.0. The number of aryl methyl sites for hydroxylation is 1. The Morgan fingerprint density at radius 2 is 1.95 bits per heavy atom. The van der Waals surface area contributed by atoms with Crippen molar-refractivity contribution in [3.63, 3.8) is 0 Å². The number of carbonyl (C=O) groups is 1. The van der Waals surface area contributed by atoms with E-state index in [1.165, 1.54) is 6.42 Å². The Labute approximate surface area is 215 Å².